The minimum atomic E-state index is -0.841. The van der Waals surface area contributed by atoms with Crippen molar-refractivity contribution in [1.29, 1.82) is 0 Å². The van der Waals surface area contributed by atoms with E-state index in [2.05, 4.69) is 17.9 Å². The van der Waals surface area contributed by atoms with E-state index >= 15 is 0 Å². The highest BCUT2D eigenvalue weighted by molar-refractivity contribution is 7.81. The summed E-state index contributed by atoms with van der Waals surface area (Å²) in [6.45, 7) is 1.45. The molecule has 2 aliphatic heterocycles. The van der Waals surface area contributed by atoms with Crippen molar-refractivity contribution in [2.24, 2.45) is 5.92 Å². The number of amides is 3. The van der Waals surface area contributed by atoms with Gasteiger partial charge in [-0.05, 0) is 24.3 Å². The molecular weight excluding hydrogens is 460 g/mol. The van der Waals surface area contributed by atoms with Gasteiger partial charge in [-0.2, -0.15) is 12.6 Å². The Hall–Kier alpha value is -3.37. The third kappa shape index (κ3) is 5.07. The highest BCUT2D eigenvalue weighted by Crippen LogP contribution is 2.32. The van der Waals surface area contributed by atoms with Crippen molar-refractivity contribution < 1.29 is 33.4 Å². The highest BCUT2D eigenvalue weighted by atomic mass is 32.1. The molecule has 10 heteroatoms. The summed E-state index contributed by atoms with van der Waals surface area (Å²) >= 11 is 4.43. The van der Waals surface area contributed by atoms with Crippen molar-refractivity contribution in [2.45, 2.75) is 37.2 Å². The Kier molecular flexibility index (Phi) is 7.18. The van der Waals surface area contributed by atoms with Crippen LogP contribution in [0.25, 0.3) is 0 Å². The van der Waals surface area contributed by atoms with Gasteiger partial charge in [0.15, 0.2) is 0 Å². The fourth-order valence-electron chi connectivity index (χ4n) is 3.82. The van der Waals surface area contributed by atoms with Crippen LogP contribution in [-0.2, 0) is 19.0 Å². The number of ether oxygens (including phenoxy) is 3. The van der Waals surface area contributed by atoms with Crippen molar-refractivity contribution in [1.82, 2.24) is 10.2 Å². The number of rotatable bonds is 6. The maximum Gasteiger partial charge on any atom is 0.338 e. The molecule has 0 bridgehead atoms. The van der Waals surface area contributed by atoms with Crippen molar-refractivity contribution in [3.63, 3.8) is 0 Å². The zero-order valence-electron chi connectivity index (χ0n) is 18.3. The topological polar surface area (TPSA) is 111 Å². The van der Waals surface area contributed by atoms with E-state index in [0.29, 0.717) is 11.1 Å². The van der Waals surface area contributed by atoms with E-state index in [1.54, 1.807) is 67.6 Å². The molecule has 178 valence electrons. The van der Waals surface area contributed by atoms with Crippen molar-refractivity contribution >= 4 is 36.5 Å². The van der Waals surface area contributed by atoms with Crippen LogP contribution >= 0.6 is 12.6 Å². The third-order valence-electron chi connectivity index (χ3n) is 5.76. The van der Waals surface area contributed by atoms with Crippen LogP contribution in [0.15, 0.2) is 60.7 Å². The molecule has 0 radical (unpaired) electrons. The van der Waals surface area contributed by atoms with Crippen LogP contribution in [0.5, 0.6) is 0 Å². The summed E-state index contributed by atoms with van der Waals surface area (Å²) in [6, 6.07) is 16.3. The normalized spacial score (nSPS) is 26.6. The lowest BCUT2D eigenvalue weighted by atomic mass is 10.1. The Bertz CT molecular complexity index is 1070. The predicted molar refractivity (Wildman–Crippen MR) is 123 cm³/mol. The molecule has 0 aromatic heterocycles. The van der Waals surface area contributed by atoms with Crippen LogP contribution in [0.1, 0.15) is 34.1 Å². The summed E-state index contributed by atoms with van der Waals surface area (Å²) < 4.78 is 17.1. The Morgan fingerprint density at radius 3 is 2.24 bits per heavy atom. The number of carbonyl (C=O) groups excluding carboxylic acids is 4. The molecule has 3 amide bonds. The molecule has 9 nitrogen and oxygen atoms in total. The highest BCUT2D eigenvalue weighted by Gasteiger charge is 2.48. The fraction of sp³-hybridized carbons (Fsp3) is 0.333. The molecule has 0 spiro atoms. The SMILES string of the molecule is CC1C(=O)NC(=O)N(C2CC(OC(=O)c3ccccc3)C(COC(=O)c3ccccc3)O2)C1S. The van der Waals surface area contributed by atoms with E-state index in [9.17, 15) is 19.2 Å². The van der Waals surface area contributed by atoms with Gasteiger partial charge in [-0.25, -0.2) is 14.4 Å². The van der Waals surface area contributed by atoms with E-state index in [4.69, 9.17) is 14.2 Å². The fourth-order valence-corrected chi connectivity index (χ4v) is 4.21. The summed E-state index contributed by atoms with van der Waals surface area (Å²) in [5.74, 6) is -2.13. The predicted octanol–water partition coefficient (Wildman–Crippen LogP) is 2.63. The maximum atomic E-state index is 12.7. The number of nitrogens with one attached hydrogen (secondary N) is 1. The van der Waals surface area contributed by atoms with Crippen LogP contribution in [0.2, 0.25) is 0 Å². The summed E-state index contributed by atoms with van der Waals surface area (Å²) in [5.41, 5.74) is 0.723. The minimum absolute atomic E-state index is 0.123. The third-order valence-corrected chi connectivity index (χ3v) is 6.45. The second-order valence-corrected chi connectivity index (χ2v) is 8.57. The molecule has 1 N–H and O–H groups in total. The summed E-state index contributed by atoms with van der Waals surface area (Å²) in [7, 11) is 0. The van der Waals surface area contributed by atoms with Gasteiger partial charge in [0, 0.05) is 6.42 Å². The van der Waals surface area contributed by atoms with E-state index in [1.165, 1.54) is 4.90 Å². The largest absolute Gasteiger partial charge is 0.459 e. The quantitative estimate of drug-likeness (QED) is 0.479. The second kappa shape index (κ2) is 10.3. The lowest BCUT2D eigenvalue weighted by Gasteiger charge is -2.39. The molecule has 0 saturated carbocycles. The van der Waals surface area contributed by atoms with E-state index in [1.807, 2.05) is 0 Å². The van der Waals surface area contributed by atoms with Crippen molar-refractivity contribution in [3.05, 3.63) is 71.8 Å². The number of hydrogen-bond donors (Lipinski definition) is 2. The van der Waals surface area contributed by atoms with Gasteiger partial charge < -0.3 is 14.2 Å². The number of nitrogens with zero attached hydrogens (tertiary/aromatic N) is 1. The Morgan fingerprint density at radius 1 is 1.03 bits per heavy atom. The number of imide groups is 1. The molecule has 2 heterocycles. The number of thiol groups is 1. The summed E-state index contributed by atoms with van der Waals surface area (Å²) in [6.07, 6.45) is -2.35. The summed E-state index contributed by atoms with van der Waals surface area (Å²) in [5, 5.41) is 1.55. The van der Waals surface area contributed by atoms with Gasteiger partial charge in [-0.3, -0.25) is 15.0 Å². The van der Waals surface area contributed by atoms with E-state index < -0.39 is 53.6 Å². The monoisotopic (exact) mass is 484 g/mol. The molecular formula is C24H24N2O7S. The Balaban J connectivity index is 1.50. The van der Waals surface area contributed by atoms with Crippen LogP contribution in [0.4, 0.5) is 4.79 Å². The van der Waals surface area contributed by atoms with E-state index in [-0.39, 0.29) is 13.0 Å². The second-order valence-electron chi connectivity index (χ2n) is 8.04. The lowest BCUT2D eigenvalue weighted by molar-refractivity contribution is -0.129. The zero-order chi connectivity index (χ0) is 24.2. The lowest BCUT2D eigenvalue weighted by Crippen LogP contribution is -2.60. The number of carbonyl (C=O) groups is 4. The smallest absolute Gasteiger partial charge is 0.338 e. The van der Waals surface area contributed by atoms with Crippen molar-refractivity contribution in [3.8, 4) is 0 Å². The zero-order valence-corrected chi connectivity index (χ0v) is 19.2. The molecule has 2 aromatic carbocycles. The maximum absolute atomic E-state index is 12.7. The van der Waals surface area contributed by atoms with Gasteiger partial charge in [-0.1, -0.05) is 43.3 Å². The molecule has 4 rings (SSSR count). The standard InChI is InChI=1S/C24H24N2O7S/c1-14-20(27)25-24(30)26(21(14)34)19-12-17(33-23(29)16-10-6-3-7-11-16)18(32-19)13-31-22(28)15-8-4-2-5-9-15/h2-11,14,17-19,21,34H,12-13H2,1H3,(H,25,27,30). The van der Waals surface area contributed by atoms with Gasteiger partial charge in [0.25, 0.3) is 0 Å². The first-order valence-corrected chi connectivity index (χ1v) is 11.3. The van der Waals surface area contributed by atoms with Crippen LogP contribution in [0, 0.1) is 5.92 Å². The average Bonchev–Trinajstić information content (AvgIpc) is 3.24. The Labute approximate surface area is 201 Å². The molecule has 2 fully saturated rings. The molecule has 2 aromatic rings. The Morgan fingerprint density at radius 2 is 1.62 bits per heavy atom. The first-order valence-electron chi connectivity index (χ1n) is 10.8. The molecule has 34 heavy (non-hydrogen) atoms. The minimum Gasteiger partial charge on any atom is -0.459 e. The van der Waals surface area contributed by atoms with Gasteiger partial charge in [0.05, 0.1) is 22.4 Å². The van der Waals surface area contributed by atoms with Gasteiger partial charge in [0.1, 0.15) is 25.0 Å². The van der Waals surface area contributed by atoms with Crippen molar-refractivity contribution in [2.75, 3.05) is 6.61 Å². The molecule has 2 aliphatic rings. The number of benzene rings is 2. The molecule has 5 atom stereocenters. The molecule has 2 saturated heterocycles. The number of hydrogen-bond acceptors (Lipinski definition) is 8. The first kappa shape index (κ1) is 23.8. The molecule has 5 unspecified atom stereocenters. The van der Waals surface area contributed by atoms with Gasteiger partial charge in [-0.15, -0.1) is 0 Å². The van der Waals surface area contributed by atoms with Crippen LogP contribution in [-0.4, -0.2) is 59.2 Å². The number of esters is 2. The van der Waals surface area contributed by atoms with Crippen LogP contribution < -0.4 is 5.32 Å². The van der Waals surface area contributed by atoms with Gasteiger partial charge in [0.2, 0.25) is 5.91 Å². The average molecular weight is 485 g/mol. The summed E-state index contributed by atoms with van der Waals surface area (Å²) in [4.78, 5) is 50.9. The first-order chi connectivity index (χ1) is 16.3. The molecule has 0 aliphatic carbocycles. The van der Waals surface area contributed by atoms with Gasteiger partial charge >= 0.3 is 18.0 Å². The number of urea groups is 1. The van der Waals surface area contributed by atoms with E-state index in [0.717, 1.165) is 0 Å². The van der Waals surface area contributed by atoms with Crippen LogP contribution in [0.3, 0.4) is 0 Å².